The number of halogens is 3. The molecule has 0 aromatic carbocycles. The summed E-state index contributed by atoms with van der Waals surface area (Å²) in [6.07, 6.45) is -0.894. The number of hydrogen-bond acceptors (Lipinski definition) is 5. The Kier molecular flexibility index (Phi) is 4.87. The molecule has 0 amide bonds. The average molecular weight is 304 g/mol. The Bertz CT molecular complexity index is 481. The van der Waals surface area contributed by atoms with Gasteiger partial charge in [0, 0.05) is 31.7 Å². The molecule has 2 atom stereocenters. The summed E-state index contributed by atoms with van der Waals surface area (Å²) in [6.45, 7) is 0.0216. The molecule has 21 heavy (non-hydrogen) atoms. The number of anilines is 2. The van der Waals surface area contributed by atoms with Gasteiger partial charge >= 0.3 is 6.18 Å². The zero-order valence-corrected chi connectivity index (χ0v) is 11.7. The van der Waals surface area contributed by atoms with Gasteiger partial charge in [0.25, 0.3) is 0 Å². The van der Waals surface area contributed by atoms with Crippen molar-refractivity contribution in [2.75, 3.05) is 24.3 Å². The van der Waals surface area contributed by atoms with Crippen LogP contribution in [-0.2, 0) is 6.18 Å². The molecule has 0 spiro atoms. The minimum absolute atomic E-state index is 0.0216. The van der Waals surface area contributed by atoms with Crippen molar-refractivity contribution in [2.24, 2.45) is 5.92 Å². The van der Waals surface area contributed by atoms with Crippen LogP contribution < -0.4 is 10.6 Å². The smallest absolute Gasteiger partial charge is 0.396 e. The quantitative estimate of drug-likeness (QED) is 0.797. The molecule has 0 saturated heterocycles. The Morgan fingerprint density at radius 2 is 1.90 bits per heavy atom. The maximum Gasteiger partial charge on any atom is 0.451 e. The van der Waals surface area contributed by atoms with Crippen LogP contribution in [0.15, 0.2) is 6.07 Å². The predicted octanol–water partition coefficient (Wildman–Crippen LogP) is 2.50. The molecule has 1 aromatic heterocycles. The van der Waals surface area contributed by atoms with Crippen LogP contribution in [0.25, 0.3) is 0 Å². The highest BCUT2D eigenvalue weighted by Gasteiger charge is 2.36. The van der Waals surface area contributed by atoms with Gasteiger partial charge in [-0.3, -0.25) is 0 Å². The van der Waals surface area contributed by atoms with E-state index < -0.39 is 12.0 Å². The SMILES string of the molecule is CNc1cc(NC2CCCCC2CO)nc(C(F)(F)F)n1. The molecule has 8 heteroatoms. The first-order chi connectivity index (χ1) is 9.94. The molecule has 2 unspecified atom stereocenters. The lowest BCUT2D eigenvalue weighted by Gasteiger charge is -2.31. The highest BCUT2D eigenvalue weighted by molar-refractivity contribution is 5.48. The molecule has 118 valence electrons. The Labute approximate surface area is 121 Å². The molecule has 1 aliphatic carbocycles. The van der Waals surface area contributed by atoms with Gasteiger partial charge in [-0.25, -0.2) is 9.97 Å². The first-order valence-electron chi connectivity index (χ1n) is 6.95. The molecule has 0 aliphatic heterocycles. The first-order valence-corrected chi connectivity index (χ1v) is 6.95. The van der Waals surface area contributed by atoms with Crippen LogP contribution in [0.1, 0.15) is 31.5 Å². The van der Waals surface area contributed by atoms with E-state index >= 15 is 0 Å². The number of alkyl halides is 3. The van der Waals surface area contributed by atoms with Crippen molar-refractivity contribution >= 4 is 11.6 Å². The monoisotopic (exact) mass is 304 g/mol. The van der Waals surface area contributed by atoms with Gasteiger partial charge in [-0.2, -0.15) is 13.2 Å². The molecule has 0 radical (unpaired) electrons. The summed E-state index contributed by atoms with van der Waals surface area (Å²) in [7, 11) is 1.50. The molecule has 1 fully saturated rings. The lowest BCUT2D eigenvalue weighted by Crippen LogP contribution is -2.34. The van der Waals surface area contributed by atoms with E-state index in [0.29, 0.717) is 0 Å². The van der Waals surface area contributed by atoms with Gasteiger partial charge in [0.1, 0.15) is 11.6 Å². The van der Waals surface area contributed by atoms with Crippen LogP contribution in [0.3, 0.4) is 0 Å². The summed E-state index contributed by atoms with van der Waals surface area (Å²) in [5.41, 5.74) is 0. The Morgan fingerprint density at radius 3 is 2.52 bits per heavy atom. The number of hydrogen-bond donors (Lipinski definition) is 3. The summed E-state index contributed by atoms with van der Waals surface area (Å²) < 4.78 is 38.4. The normalized spacial score (nSPS) is 22.9. The minimum atomic E-state index is -4.59. The van der Waals surface area contributed by atoms with E-state index in [0.717, 1.165) is 25.7 Å². The van der Waals surface area contributed by atoms with E-state index in [1.807, 2.05) is 0 Å². The third-order valence-electron chi connectivity index (χ3n) is 3.71. The summed E-state index contributed by atoms with van der Waals surface area (Å²) in [5.74, 6) is -0.891. The second-order valence-corrected chi connectivity index (χ2v) is 5.19. The van der Waals surface area contributed by atoms with Gasteiger partial charge in [0.05, 0.1) is 0 Å². The standard InChI is InChI=1S/C13H19F3N4O/c1-17-10-6-11(20-12(19-10)13(14,15)16)18-9-5-3-2-4-8(9)7-21/h6,8-9,21H,2-5,7H2,1H3,(H2,17,18,19,20). The van der Waals surface area contributed by atoms with Gasteiger partial charge in [0.2, 0.25) is 5.82 Å². The highest BCUT2D eigenvalue weighted by Crippen LogP contribution is 2.30. The molecule has 1 aromatic rings. The van der Waals surface area contributed by atoms with Crippen LogP contribution in [0.2, 0.25) is 0 Å². The van der Waals surface area contributed by atoms with E-state index in [4.69, 9.17) is 0 Å². The molecular weight excluding hydrogens is 285 g/mol. The Hall–Kier alpha value is -1.57. The predicted molar refractivity (Wildman–Crippen MR) is 73.0 cm³/mol. The number of nitrogens with zero attached hydrogens (tertiary/aromatic N) is 2. The first kappa shape index (κ1) is 15.8. The van der Waals surface area contributed by atoms with Gasteiger partial charge < -0.3 is 15.7 Å². The van der Waals surface area contributed by atoms with Crippen LogP contribution >= 0.6 is 0 Å². The fourth-order valence-electron chi connectivity index (χ4n) is 2.58. The largest absolute Gasteiger partial charge is 0.451 e. The second kappa shape index (κ2) is 6.46. The second-order valence-electron chi connectivity index (χ2n) is 5.19. The van der Waals surface area contributed by atoms with Crippen molar-refractivity contribution in [3.05, 3.63) is 11.9 Å². The van der Waals surface area contributed by atoms with Gasteiger partial charge in [-0.05, 0) is 12.8 Å². The third-order valence-corrected chi connectivity index (χ3v) is 3.71. The van der Waals surface area contributed by atoms with Crippen LogP contribution in [0.5, 0.6) is 0 Å². The fraction of sp³-hybridized carbons (Fsp3) is 0.692. The zero-order valence-electron chi connectivity index (χ0n) is 11.7. The van der Waals surface area contributed by atoms with Crippen LogP contribution in [-0.4, -0.2) is 34.8 Å². The van der Waals surface area contributed by atoms with E-state index in [-0.39, 0.29) is 30.2 Å². The van der Waals surface area contributed by atoms with Crippen LogP contribution in [0.4, 0.5) is 24.8 Å². The van der Waals surface area contributed by atoms with E-state index in [2.05, 4.69) is 20.6 Å². The van der Waals surface area contributed by atoms with Gasteiger partial charge in [-0.1, -0.05) is 12.8 Å². The summed E-state index contributed by atoms with van der Waals surface area (Å²) in [4.78, 5) is 6.97. The number of rotatable bonds is 4. The lowest BCUT2D eigenvalue weighted by atomic mass is 9.85. The van der Waals surface area contributed by atoms with Crippen molar-refractivity contribution in [3.63, 3.8) is 0 Å². The maximum atomic E-state index is 12.8. The Balaban J connectivity index is 2.22. The molecule has 3 N–H and O–H groups in total. The topological polar surface area (TPSA) is 70.1 Å². The molecular formula is C13H19F3N4O. The summed E-state index contributed by atoms with van der Waals surface area (Å²) in [6, 6.07) is 1.38. The van der Waals surface area contributed by atoms with Crippen molar-refractivity contribution < 1.29 is 18.3 Å². The summed E-state index contributed by atoms with van der Waals surface area (Å²) >= 11 is 0. The van der Waals surface area contributed by atoms with Crippen molar-refractivity contribution in [2.45, 2.75) is 37.9 Å². The molecule has 1 aliphatic rings. The van der Waals surface area contributed by atoms with E-state index in [9.17, 15) is 18.3 Å². The van der Waals surface area contributed by atoms with E-state index in [1.54, 1.807) is 0 Å². The minimum Gasteiger partial charge on any atom is -0.396 e. The summed E-state index contributed by atoms with van der Waals surface area (Å²) in [5, 5.41) is 15.0. The fourth-order valence-corrected chi connectivity index (χ4v) is 2.58. The number of nitrogens with one attached hydrogen (secondary N) is 2. The molecule has 2 rings (SSSR count). The number of aliphatic hydroxyl groups is 1. The zero-order chi connectivity index (χ0) is 15.5. The molecule has 5 nitrogen and oxygen atoms in total. The average Bonchev–Trinajstić information content (AvgIpc) is 2.46. The van der Waals surface area contributed by atoms with Gasteiger partial charge in [-0.15, -0.1) is 0 Å². The van der Waals surface area contributed by atoms with Crippen LogP contribution in [0, 0.1) is 5.92 Å². The van der Waals surface area contributed by atoms with Gasteiger partial charge in [0.15, 0.2) is 0 Å². The molecule has 1 saturated carbocycles. The van der Waals surface area contributed by atoms with Crippen molar-refractivity contribution in [3.8, 4) is 0 Å². The van der Waals surface area contributed by atoms with E-state index in [1.165, 1.54) is 13.1 Å². The third kappa shape index (κ3) is 3.96. The Morgan fingerprint density at radius 1 is 1.24 bits per heavy atom. The number of aromatic nitrogens is 2. The molecule has 0 bridgehead atoms. The lowest BCUT2D eigenvalue weighted by molar-refractivity contribution is -0.144. The molecule has 1 heterocycles. The highest BCUT2D eigenvalue weighted by atomic mass is 19.4. The van der Waals surface area contributed by atoms with Crippen molar-refractivity contribution in [1.82, 2.24) is 9.97 Å². The number of aliphatic hydroxyl groups excluding tert-OH is 1. The maximum absolute atomic E-state index is 12.8. The van der Waals surface area contributed by atoms with Crippen molar-refractivity contribution in [1.29, 1.82) is 0 Å².